The normalized spacial score (nSPS) is 16.0. The van der Waals surface area contributed by atoms with Gasteiger partial charge in [0.05, 0.1) is 6.10 Å². The highest BCUT2D eigenvalue weighted by Crippen LogP contribution is 2.21. The number of nitrogens with two attached hydrogens (primary N) is 5. The number of guanidine groups is 2. The van der Waals surface area contributed by atoms with Crippen LogP contribution in [-0.4, -0.2) is 108 Å². The van der Waals surface area contributed by atoms with E-state index < -0.39 is 71.5 Å². The Bertz CT molecular complexity index is 1930. The molecule has 6 atom stereocenters. The van der Waals surface area contributed by atoms with Gasteiger partial charge in [-0.25, -0.2) is 4.79 Å². The molecule has 0 unspecified atom stereocenters. The van der Waals surface area contributed by atoms with Crippen LogP contribution in [0.15, 0.2) is 43.5 Å². The number of carbonyl (C=O) groups is 6. The summed E-state index contributed by atoms with van der Waals surface area (Å²) < 4.78 is 5.30. The summed E-state index contributed by atoms with van der Waals surface area (Å²) in [5.41, 5.74) is 28.0. The van der Waals surface area contributed by atoms with E-state index in [1.54, 1.807) is 19.1 Å². The maximum atomic E-state index is 13.9. The first-order chi connectivity index (χ1) is 28.0. The summed E-state index contributed by atoms with van der Waals surface area (Å²) in [6, 6.07) is -0.0301. The molecule has 0 radical (unpaired) electrons. The SMILES string of the molecule is Cc1cc(=O)oc2cc(NC(=O)[C@H](CCCN=C(N)N)NC(=O)[C@H](CCCCN)NC(=O)[C@H](NC(=O)[C@@H](CCCN=C(N)N)NC(=O)[C@@H]3CCC(=O)N3)[C@H](C)O)ccc12. The Kier molecular flexibility index (Phi) is 18.5. The number of unbranched alkanes of at least 4 members (excludes halogenated alkanes) is 1. The molecular weight excluding hydrogens is 770 g/mol. The van der Waals surface area contributed by atoms with Gasteiger partial charge in [-0.05, 0) is 89.5 Å². The largest absolute Gasteiger partial charge is 0.423 e. The van der Waals surface area contributed by atoms with Crippen molar-refractivity contribution in [3.05, 3.63) is 40.2 Å². The molecule has 22 nitrogen and oxygen atoms in total. The summed E-state index contributed by atoms with van der Waals surface area (Å²) in [6.45, 7) is 3.55. The molecule has 324 valence electrons. The molecule has 3 rings (SSSR count). The van der Waals surface area contributed by atoms with Gasteiger partial charge >= 0.3 is 5.63 Å². The highest BCUT2D eigenvalue weighted by atomic mass is 16.4. The highest BCUT2D eigenvalue weighted by molar-refractivity contribution is 6.00. The maximum absolute atomic E-state index is 13.9. The lowest BCUT2D eigenvalue weighted by Crippen LogP contribution is -2.61. The smallest absolute Gasteiger partial charge is 0.336 e. The van der Waals surface area contributed by atoms with E-state index in [-0.39, 0.29) is 93.7 Å². The average molecular weight is 828 g/mol. The number of aryl methyl sites for hydroxylation is 1. The third-order valence-corrected chi connectivity index (χ3v) is 9.33. The van der Waals surface area contributed by atoms with Crippen molar-refractivity contribution in [3.63, 3.8) is 0 Å². The fraction of sp³-hybridized carbons (Fsp3) is 0.541. The summed E-state index contributed by atoms with van der Waals surface area (Å²) in [4.78, 5) is 99.4. The molecule has 1 aromatic heterocycles. The summed E-state index contributed by atoms with van der Waals surface area (Å²) in [5.74, 6) is -4.42. The zero-order chi connectivity index (χ0) is 43.6. The number of hydrogen-bond acceptors (Lipinski definition) is 12. The van der Waals surface area contributed by atoms with E-state index >= 15 is 0 Å². The average Bonchev–Trinajstić information content (AvgIpc) is 3.61. The van der Waals surface area contributed by atoms with Crippen LogP contribution in [-0.2, 0) is 28.8 Å². The number of anilines is 1. The van der Waals surface area contributed by atoms with Crippen LogP contribution in [0.5, 0.6) is 0 Å². The number of carbonyl (C=O) groups excluding carboxylic acids is 6. The van der Waals surface area contributed by atoms with Crippen molar-refractivity contribution in [3.8, 4) is 0 Å². The molecule has 0 spiro atoms. The minimum Gasteiger partial charge on any atom is -0.423 e. The molecule has 22 heteroatoms. The molecule has 2 heterocycles. The standard InChI is InChI=1S/C37H57N13O9/c1-19-17-29(53)59-27-18-21(10-11-22(19)27)45-31(54)24(8-5-15-43-36(39)40)47-32(55)23(7-3-4-14-38)49-35(58)30(20(2)51)50-34(57)25(9-6-16-44-37(41)42)48-33(56)26-12-13-28(52)46-26/h10-11,17-18,20,23-26,30,51H,3-9,12-16,38H2,1-2H3,(H,45,54)(H,46,52)(H,47,55)(H,48,56)(H,49,58)(H,50,57)(H4,39,40,43)(H4,41,42,44)/t20-,23-,24-,25+,26-,30+/m0/s1. The summed E-state index contributed by atoms with van der Waals surface area (Å²) in [5, 5.41) is 26.9. The first-order valence-electron chi connectivity index (χ1n) is 19.3. The van der Waals surface area contributed by atoms with Crippen LogP contribution in [0.25, 0.3) is 11.0 Å². The van der Waals surface area contributed by atoms with Crippen molar-refractivity contribution in [1.82, 2.24) is 26.6 Å². The predicted octanol–water partition coefficient (Wildman–Crippen LogP) is -3.13. The van der Waals surface area contributed by atoms with E-state index in [0.717, 1.165) is 0 Å². The van der Waals surface area contributed by atoms with Gasteiger partial charge in [0.25, 0.3) is 0 Å². The molecule has 0 aliphatic carbocycles. The van der Waals surface area contributed by atoms with Crippen LogP contribution in [0.4, 0.5) is 5.69 Å². The molecule has 1 aliphatic heterocycles. The van der Waals surface area contributed by atoms with Crippen molar-refractivity contribution in [2.75, 3.05) is 25.0 Å². The van der Waals surface area contributed by atoms with Gasteiger partial charge in [0.15, 0.2) is 11.9 Å². The number of nitrogens with zero attached hydrogens (tertiary/aromatic N) is 2. The second-order valence-electron chi connectivity index (χ2n) is 14.2. The number of amides is 6. The molecule has 59 heavy (non-hydrogen) atoms. The molecular formula is C37H57N13O9. The van der Waals surface area contributed by atoms with Crippen molar-refractivity contribution >= 4 is 64.0 Å². The van der Waals surface area contributed by atoms with Gasteiger partial charge in [0.2, 0.25) is 35.4 Å². The van der Waals surface area contributed by atoms with E-state index in [0.29, 0.717) is 23.8 Å². The molecule has 2 aromatic rings. The Morgan fingerprint density at radius 1 is 0.814 bits per heavy atom. The molecule has 1 aromatic carbocycles. The van der Waals surface area contributed by atoms with Crippen LogP contribution in [0, 0.1) is 6.92 Å². The minimum absolute atomic E-state index is 0.0211. The van der Waals surface area contributed by atoms with Crippen molar-refractivity contribution in [1.29, 1.82) is 0 Å². The van der Waals surface area contributed by atoms with Gasteiger partial charge in [-0.2, -0.15) is 0 Å². The summed E-state index contributed by atoms with van der Waals surface area (Å²) >= 11 is 0. The number of nitrogens with one attached hydrogen (secondary N) is 6. The van der Waals surface area contributed by atoms with E-state index in [9.17, 15) is 38.7 Å². The zero-order valence-corrected chi connectivity index (χ0v) is 33.3. The summed E-state index contributed by atoms with van der Waals surface area (Å²) in [7, 11) is 0. The quantitative estimate of drug-likeness (QED) is 0.0228. The third-order valence-electron chi connectivity index (χ3n) is 9.33. The molecule has 17 N–H and O–H groups in total. The molecule has 0 bridgehead atoms. The molecule has 1 fully saturated rings. The number of hydrogen-bond donors (Lipinski definition) is 12. The lowest BCUT2D eigenvalue weighted by atomic mass is 10.0. The van der Waals surface area contributed by atoms with Gasteiger partial charge in [-0.3, -0.25) is 38.8 Å². The Balaban J connectivity index is 1.81. The van der Waals surface area contributed by atoms with E-state index in [2.05, 4.69) is 41.9 Å². The molecule has 6 amide bonds. The second-order valence-corrected chi connectivity index (χ2v) is 14.2. The van der Waals surface area contributed by atoms with Crippen LogP contribution in [0.3, 0.4) is 0 Å². The van der Waals surface area contributed by atoms with Crippen LogP contribution in [0.2, 0.25) is 0 Å². The fourth-order valence-corrected chi connectivity index (χ4v) is 6.21. The maximum Gasteiger partial charge on any atom is 0.336 e. The van der Waals surface area contributed by atoms with E-state index in [4.69, 9.17) is 33.1 Å². The lowest BCUT2D eigenvalue weighted by Gasteiger charge is -2.28. The second kappa shape index (κ2) is 23.2. The van der Waals surface area contributed by atoms with Gasteiger partial charge in [-0.1, -0.05) is 0 Å². The Morgan fingerprint density at radius 2 is 1.39 bits per heavy atom. The number of aliphatic hydroxyl groups excluding tert-OH is 1. The minimum atomic E-state index is -1.61. The van der Waals surface area contributed by atoms with E-state index in [1.807, 2.05) is 0 Å². The van der Waals surface area contributed by atoms with Gasteiger partial charge in [0, 0.05) is 42.7 Å². The summed E-state index contributed by atoms with van der Waals surface area (Å²) in [6.07, 6.45) is 0.391. The zero-order valence-electron chi connectivity index (χ0n) is 33.3. The molecule has 1 aliphatic rings. The highest BCUT2D eigenvalue weighted by Gasteiger charge is 2.35. The van der Waals surface area contributed by atoms with Crippen molar-refractivity contribution in [2.24, 2.45) is 38.7 Å². The number of aliphatic hydroxyl groups is 1. The van der Waals surface area contributed by atoms with Gasteiger partial charge < -0.3 is 70.1 Å². The van der Waals surface area contributed by atoms with Crippen LogP contribution in [0.1, 0.15) is 70.3 Å². The number of fused-ring (bicyclic) bond motifs is 1. The number of benzene rings is 1. The molecule has 0 saturated carbocycles. The third kappa shape index (κ3) is 15.5. The van der Waals surface area contributed by atoms with E-state index in [1.165, 1.54) is 19.1 Å². The van der Waals surface area contributed by atoms with Crippen molar-refractivity contribution in [2.45, 2.75) is 108 Å². The Labute approximate surface area is 340 Å². The topological polar surface area (TPSA) is 380 Å². The molecule has 1 saturated heterocycles. The number of rotatable bonds is 23. The Morgan fingerprint density at radius 3 is 1.97 bits per heavy atom. The lowest BCUT2D eigenvalue weighted by molar-refractivity contribution is -0.136. The van der Waals surface area contributed by atoms with Gasteiger partial charge in [0.1, 0.15) is 35.8 Å². The van der Waals surface area contributed by atoms with Crippen LogP contribution >= 0.6 is 0 Å². The van der Waals surface area contributed by atoms with Crippen LogP contribution < -0.4 is 66.2 Å². The Hall–Kier alpha value is -6.29. The van der Waals surface area contributed by atoms with Crippen molar-refractivity contribution < 1.29 is 38.3 Å². The van der Waals surface area contributed by atoms with Gasteiger partial charge in [-0.15, -0.1) is 0 Å². The number of aliphatic imine (C=N–C) groups is 2. The predicted molar refractivity (Wildman–Crippen MR) is 219 cm³/mol. The first kappa shape index (κ1) is 47.1. The monoisotopic (exact) mass is 827 g/mol. The first-order valence-corrected chi connectivity index (χ1v) is 19.3. The fourth-order valence-electron chi connectivity index (χ4n) is 6.21.